The van der Waals surface area contributed by atoms with Crippen molar-refractivity contribution in [1.82, 2.24) is 20.5 Å². The Hall–Kier alpha value is -3.96. The maximum Gasteiger partial charge on any atom is 0.416 e. The maximum absolute atomic E-state index is 13.2. The van der Waals surface area contributed by atoms with Crippen molar-refractivity contribution in [3.05, 3.63) is 62.2 Å². The van der Waals surface area contributed by atoms with Crippen LogP contribution in [0.5, 0.6) is 0 Å². The van der Waals surface area contributed by atoms with Gasteiger partial charge >= 0.3 is 6.18 Å². The fourth-order valence-corrected chi connectivity index (χ4v) is 3.37. The van der Waals surface area contributed by atoms with Crippen molar-refractivity contribution < 1.29 is 13.2 Å². The number of nitrogens with one attached hydrogen (secondary N) is 5. The van der Waals surface area contributed by atoms with Crippen LogP contribution >= 0.6 is 0 Å². The van der Waals surface area contributed by atoms with Gasteiger partial charge in [-0.1, -0.05) is 0 Å². The first kappa shape index (κ1) is 23.7. The Balaban J connectivity index is 2.08. The van der Waals surface area contributed by atoms with Gasteiger partial charge in [-0.25, -0.2) is 4.68 Å². The van der Waals surface area contributed by atoms with Crippen molar-refractivity contribution in [3.63, 3.8) is 0 Å². The summed E-state index contributed by atoms with van der Waals surface area (Å²) < 4.78 is 40.8. The highest BCUT2D eigenvalue weighted by Crippen LogP contribution is 2.34. The number of hydrogen-bond donors (Lipinski definition) is 6. The largest absolute Gasteiger partial charge is 0.416 e. The van der Waals surface area contributed by atoms with Crippen LogP contribution in [0.25, 0.3) is 6.08 Å². The Kier molecular flexibility index (Phi) is 6.38. The number of anilines is 3. The van der Waals surface area contributed by atoms with E-state index < -0.39 is 23.3 Å². The van der Waals surface area contributed by atoms with E-state index in [1.54, 1.807) is 27.0 Å². The highest BCUT2D eigenvalue weighted by atomic mass is 19.4. The smallest absolute Gasteiger partial charge is 0.399 e. The molecule has 0 aliphatic carbocycles. The van der Waals surface area contributed by atoms with Crippen LogP contribution in [-0.2, 0) is 13.2 Å². The predicted molar refractivity (Wildman–Crippen MR) is 123 cm³/mol. The molecule has 1 aromatic heterocycles. The van der Waals surface area contributed by atoms with Gasteiger partial charge in [-0.3, -0.25) is 15.6 Å². The maximum atomic E-state index is 13.2. The molecule has 0 saturated heterocycles. The van der Waals surface area contributed by atoms with E-state index in [1.807, 2.05) is 0 Å². The number of nitrogens with two attached hydrogens (primary N) is 1. The number of aromatic nitrogens is 2. The molecule has 2 aromatic rings. The van der Waals surface area contributed by atoms with Gasteiger partial charge in [-0.05, 0) is 43.7 Å². The number of alkyl halides is 3. The highest BCUT2D eigenvalue weighted by Gasteiger charge is 2.31. The fraction of sp³-hybridized carbons (Fsp3) is 0.286. The van der Waals surface area contributed by atoms with Gasteiger partial charge in [0.25, 0.3) is 5.56 Å². The van der Waals surface area contributed by atoms with Crippen LogP contribution in [0.15, 0.2) is 40.0 Å². The zero-order valence-corrected chi connectivity index (χ0v) is 18.5. The van der Waals surface area contributed by atoms with Crippen LogP contribution in [0, 0.1) is 5.41 Å². The molecule has 33 heavy (non-hydrogen) atoms. The van der Waals surface area contributed by atoms with E-state index in [0.717, 1.165) is 23.0 Å². The lowest BCUT2D eigenvalue weighted by molar-refractivity contribution is -0.137. The first-order valence-corrected chi connectivity index (χ1v) is 9.95. The third-order valence-corrected chi connectivity index (χ3v) is 5.26. The molecular formula is C21H25F3N8O. The lowest BCUT2D eigenvalue weighted by Gasteiger charge is -2.25. The normalized spacial score (nSPS) is 14.7. The predicted octanol–water partition coefficient (Wildman–Crippen LogP) is 2.97. The van der Waals surface area contributed by atoms with E-state index in [4.69, 9.17) is 11.1 Å². The molecule has 176 valence electrons. The third kappa shape index (κ3) is 4.78. The summed E-state index contributed by atoms with van der Waals surface area (Å²) in [5, 5.41) is 18.0. The van der Waals surface area contributed by atoms with E-state index in [9.17, 15) is 18.0 Å². The zero-order chi connectivity index (χ0) is 24.5. The van der Waals surface area contributed by atoms with Gasteiger partial charge in [-0.2, -0.15) is 18.3 Å². The van der Waals surface area contributed by atoms with Crippen molar-refractivity contribution in [2.75, 3.05) is 23.5 Å². The molecule has 1 aliphatic heterocycles. The van der Waals surface area contributed by atoms with Crippen LogP contribution in [0.1, 0.15) is 36.6 Å². The van der Waals surface area contributed by atoms with E-state index in [0.29, 0.717) is 28.1 Å². The second-order valence-corrected chi connectivity index (χ2v) is 7.56. The average molecular weight is 462 g/mol. The number of rotatable bonds is 6. The lowest BCUT2D eigenvalue weighted by Crippen LogP contribution is -2.35. The monoisotopic (exact) mass is 462 g/mol. The second kappa shape index (κ2) is 8.88. The zero-order valence-electron chi connectivity index (χ0n) is 18.5. The van der Waals surface area contributed by atoms with E-state index in [1.165, 1.54) is 13.1 Å². The van der Waals surface area contributed by atoms with Crippen LogP contribution in [0.4, 0.5) is 30.4 Å². The summed E-state index contributed by atoms with van der Waals surface area (Å²) >= 11 is 0. The summed E-state index contributed by atoms with van der Waals surface area (Å²) in [6.45, 7) is 3.46. The number of allylic oxidation sites excluding steroid dienone is 2. The summed E-state index contributed by atoms with van der Waals surface area (Å²) in [6.07, 6.45) is -1.73. The first-order valence-electron chi connectivity index (χ1n) is 9.95. The number of benzene rings is 1. The molecule has 7 N–H and O–H groups in total. The van der Waals surface area contributed by atoms with Crippen molar-refractivity contribution >= 4 is 29.5 Å². The molecule has 9 nitrogen and oxygen atoms in total. The number of nitrogen functional groups attached to an aromatic ring is 1. The Bertz CT molecular complexity index is 1210. The molecule has 1 aromatic carbocycles. The number of halogens is 3. The minimum absolute atomic E-state index is 0.0136. The van der Waals surface area contributed by atoms with Crippen molar-refractivity contribution in [1.29, 1.82) is 5.41 Å². The number of nitrogens with zero attached hydrogens (tertiary/aromatic N) is 2. The average Bonchev–Trinajstić information content (AvgIpc) is 2.76. The number of fused-ring (bicyclic) bond motifs is 1. The van der Waals surface area contributed by atoms with Crippen molar-refractivity contribution in [2.24, 2.45) is 7.05 Å². The summed E-state index contributed by atoms with van der Waals surface area (Å²) in [5.41, 5.74) is 12.9. The van der Waals surface area contributed by atoms with Crippen LogP contribution in [-0.4, -0.2) is 23.0 Å². The first-order chi connectivity index (χ1) is 15.5. The minimum Gasteiger partial charge on any atom is -0.399 e. The van der Waals surface area contributed by atoms with Gasteiger partial charge in [0.15, 0.2) is 5.82 Å². The van der Waals surface area contributed by atoms with Gasteiger partial charge in [0, 0.05) is 37.3 Å². The van der Waals surface area contributed by atoms with E-state index >= 15 is 0 Å². The molecule has 0 amide bonds. The molecule has 0 saturated carbocycles. The van der Waals surface area contributed by atoms with Crippen LogP contribution in [0.3, 0.4) is 0 Å². The summed E-state index contributed by atoms with van der Waals surface area (Å²) in [6, 6.07) is 2.74. The van der Waals surface area contributed by atoms with E-state index in [2.05, 4.69) is 26.6 Å². The van der Waals surface area contributed by atoms with Crippen molar-refractivity contribution in [3.8, 4) is 0 Å². The molecule has 0 spiro atoms. The minimum atomic E-state index is -4.54. The van der Waals surface area contributed by atoms with E-state index in [-0.39, 0.29) is 17.2 Å². The summed E-state index contributed by atoms with van der Waals surface area (Å²) in [5.74, 6) is 0.272. The van der Waals surface area contributed by atoms with Gasteiger partial charge < -0.3 is 21.8 Å². The molecule has 2 heterocycles. The number of hydrogen-bond acceptors (Lipinski definition) is 8. The summed E-state index contributed by atoms with van der Waals surface area (Å²) in [7, 11) is 3.19. The number of hydrazine groups is 1. The lowest BCUT2D eigenvalue weighted by atomic mass is 10.0. The standard InChI is InChI=1S/C21H25F3N8O/c1-10(12-5-13(21(22,23)24)7-14(26)6-12)28-19-15-8-17(16(9-25)11(2)27-3)29-30-18(15)20(33)32(4)31-19/h5-10,25,27,29-30H,26H2,1-4H3,(H,28,31)/b16-11+,25-9?/t10-/m1/s1. The third-order valence-electron chi connectivity index (χ3n) is 5.26. The quantitative estimate of drug-likeness (QED) is 0.287. The SMILES string of the molecule is CN/C(C)=C(\C=N)C1=Cc2c(N[C@H](C)c3cc(N)cc(C(F)(F)F)c3)nn(C)c(=O)c2NN1. The van der Waals surface area contributed by atoms with Gasteiger partial charge in [0.2, 0.25) is 0 Å². The van der Waals surface area contributed by atoms with Crippen molar-refractivity contribution in [2.45, 2.75) is 26.1 Å². The topological polar surface area (TPSA) is 133 Å². The van der Waals surface area contributed by atoms with Gasteiger partial charge in [0.1, 0.15) is 5.69 Å². The Morgan fingerprint density at radius 1 is 1.30 bits per heavy atom. The molecule has 1 atom stereocenters. The molecule has 12 heteroatoms. The van der Waals surface area contributed by atoms with Crippen LogP contribution in [0.2, 0.25) is 0 Å². The Morgan fingerprint density at radius 3 is 2.61 bits per heavy atom. The summed E-state index contributed by atoms with van der Waals surface area (Å²) in [4.78, 5) is 12.6. The molecule has 0 radical (unpaired) electrons. The molecule has 0 fully saturated rings. The van der Waals surface area contributed by atoms with Gasteiger partial charge in [0.05, 0.1) is 22.9 Å². The second-order valence-electron chi connectivity index (χ2n) is 7.56. The molecule has 3 rings (SSSR count). The molecular weight excluding hydrogens is 437 g/mol. The number of aryl methyl sites for hydroxylation is 1. The fourth-order valence-electron chi connectivity index (χ4n) is 3.37. The Labute approximate surface area is 188 Å². The van der Waals surface area contributed by atoms with Gasteiger partial charge in [-0.15, -0.1) is 0 Å². The molecule has 0 bridgehead atoms. The molecule has 0 unspecified atom stereocenters. The van der Waals surface area contributed by atoms with Crippen LogP contribution < -0.4 is 32.8 Å². The highest BCUT2D eigenvalue weighted by molar-refractivity contribution is 5.89. The molecule has 1 aliphatic rings. The Morgan fingerprint density at radius 2 is 2.00 bits per heavy atom.